The average Bonchev–Trinajstić information content (AvgIpc) is 2.81. The molecule has 0 unspecified atom stereocenters. The SMILES string of the molecule is Cc1c2ccccc2c(C)c2ccccc12.c1ccc2cc3ccccc3cc2c1. The van der Waals surface area contributed by atoms with Crippen LogP contribution < -0.4 is 0 Å². The van der Waals surface area contributed by atoms with Crippen molar-refractivity contribution >= 4 is 43.1 Å². The third kappa shape index (κ3) is 3.21. The third-order valence-electron chi connectivity index (χ3n) is 6.08. The van der Waals surface area contributed by atoms with Gasteiger partial charge < -0.3 is 0 Å². The molecule has 0 atom stereocenters. The van der Waals surface area contributed by atoms with Crippen LogP contribution in [-0.2, 0) is 0 Å². The lowest BCUT2D eigenvalue weighted by molar-refractivity contribution is 1.52. The van der Waals surface area contributed by atoms with Crippen LogP contribution in [0.15, 0.2) is 109 Å². The van der Waals surface area contributed by atoms with Crippen LogP contribution in [0.4, 0.5) is 0 Å². The van der Waals surface area contributed by atoms with Gasteiger partial charge in [0, 0.05) is 0 Å². The highest BCUT2D eigenvalue weighted by molar-refractivity contribution is 6.05. The number of fused-ring (bicyclic) bond motifs is 4. The minimum absolute atomic E-state index is 1.31. The fourth-order valence-electron chi connectivity index (χ4n) is 4.45. The lowest BCUT2D eigenvalue weighted by atomic mass is 9.93. The second kappa shape index (κ2) is 7.65. The van der Waals surface area contributed by atoms with Gasteiger partial charge in [0.05, 0.1) is 0 Å². The summed E-state index contributed by atoms with van der Waals surface area (Å²) in [6.07, 6.45) is 0. The van der Waals surface area contributed by atoms with Crippen molar-refractivity contribution in [1.82, 2.24) is 0 Å². The van der Waals surface area contributed by atoms with E-state index < -0.39 is 0 Å². The molecule has 0 aliphatic carbocycles. The van der Waals surface area contributed by atoms with E-state index in [1.807, 2.05) is 0 Å². The molecule has 6 aromatic carbocycles. The molecule has 0 fully saturated rings. The van der Waals surface area contributed by atoms with Crippen LogP contribution >= 0.6 is 0 Å². The maximum atomic E-state index is 2.24. The van der Waals surface area contributed by atoms with E-state index in [2.05, 4.69) is 123 Å². The predicted molar refractivity (Wildman–Crippen MR) is 132 cm³/mol. The molecule has 0 heteroatoms. The van der Waals surface area contributed by atoms with Gasteiger partial charge >= 0.3 is 0 Å². The lowest BCUT2D eigenvalue weighted by Gasteiger charge is -2.11. The standard InChI is InChI=1S/C16H14.C14H10/c1-11-13-7-3-5-9-15(13)12(2)16-10-6-4-8-14(11)16;1-2-6-12-10-14-8-4-3-7-13(14)9-11(12)5-1/h3-10H,1-2H3;1-10H. The monoisotopic (exact) mass is 384 g/mol. The molecule has 0 aliphatic rings. The molecule has 0 bridgehead atoms. The van der Waals surface area contributed by atoms with E-state index >= 15 is 0 Å². The number of aryl methyl sites for hydroxylation is 2. The van der Waals surface area contributed by atoms with Gasteiger partial charge in [0.15, 0.2) is 0 Å². The van der Waals surface area contributed by atoms with Crippen LogP contribution in [0.5, 0.6) is 0 Å². The molecule has 0 heterocycles. The Bertz CT molecular complexity index is 1280. The van der Waals surface area contributed by atoms with E-state index in [-0.39, 0.29) is 0 Å². The van der Waals surface area contributed by atoms with Gasteiger partial charge in [-0.05, 0) is 80.2 Å². The van der Waals surface area contributed by atoms with Crippen molar-refractivity contribution in [2.75, 3.05) is 0 Å². The van der Waals surface area contributed by atoms with Gasteiger partial charge in [-0.2, -0.15) is 0 Å². The molecule has 0 nitrogen and oxygen atoms in total. The minimum atomic E-state index is 1.31. The Kier molecular flexibility index (Phi) is 4.69. The number of hydrogen-bond donors (Lipinski definition) is 0. The Balaban J connectivity index is 0.000000130. The minimum Gasteiger partial charge on any atom is -0.0616 e. The first-order valence-corrected chi connectivity index (χ1v) is 10.5. The average molecular weight is 385 g/mol. The van der Waals surface area contributed by atoms with Crippen LogP contribution in [0.25, 0.3) is 43.1 Å². The zero-order valence-corrected chi connectivity index (χ0v) is 17.4. The molecular weight excluding hydrogens is 360 g/mol. The Morgan fingerprint density at radius 2 is 0.567 bits per heavy atom. The largest absolute Gasteiger partial charge is 0.0616 e. The Hall–Kier alpha value is -3.64. The van der Waals surface area contributed by atoms with E-state index in [0.29, 0.717) is 0 Å². The van der Waals surface area contributed by atoms with Gasteiger partial charge in [-0.3, -0.25) is 0 Å². The zero-order chi connectivity index (χ0) is 20.5. The van der Waals surface area contributed by atoms with Crippen molar-refractivity contribution in [2.45, 2.75) is 13.8 Å². The van der Waals surface area contributed by atoms with Gasteiger partial charge in [0.2, 0.25) is 0 Å². The Morgan fingerprint density at radius 1 is 0.333 bits per heavy atom. The highest BCUT2D eigenvalue weighted by atomic mass is 14.1. The van der Waals surface area contributed by atoms with Crippen molar-refractivity contribution in [3.05, 3.63) is 120 Å². The van der Waals surface area contributed by atoms with Crippen LogP contribution in [-0.4, -0.2) is 0 Å². The van der Waals surface area contributed by atoms with Crippen molar-refractivity contribution < 1.29 is 0 Å². The molecule has 30 heavy (non-hydrogen) atoms. The fraction of sp³-hybridized carbons (Fsp3) is 0.0667. The molecule has 0 amide bonds. The van der Waals surface area contributed by atoms with Crippen LogP contribution in [0.1, 0.15) is 11.1 Å². The summed E-state index contributed by atoms with van der Waals surface area (Å²) in [6, 6.07) is 38.7. The Labute approximate surface area is 177 Å². The molecule has 0 N–H and O–H groups in total. The summed E-state index contributed by atoms with van der Waals surface area (Å²) in [5, 5.41) is 10.7. The maximum Gasteiger partial charge on any atom is -0.0146 e. The Morgan fingerprint density at radius 3 is 0.833 bits per heavy atom. The van der Waals surface area contributed by atoms with Gasteiger partial charge in [0.1, 0.15) is 0 Å². The fourth-order valence-corrected chi connectivity index (χ4v) is 4.45. The lowest BCUT2D eigenvalue weighted by Crippen LogP contribution is -1.87. The molecule has 0 radical (unpaired) electrons. The smallest absolute Gasteiger partial charge is 0.0146 e. The normalized spacial score (nSPS) is 11.0. The highest BCUT2D eigenvalue weighted by Crippen LogP contribution is 2.31. The van der Waals surface area contributed by atoms with Crippen molar-refractivity contribution in [1.29, 1.82) is 0 Å². The molecular formula is C30H24. The van der Waals surface area contributed by atoms with Crippen LogP contribution in [0.3, 0.4) is 0 Å². The molecule has 6 aromatic rings. The molecule has 0 saturated heterocycles. The summed E-state index contributed by atoms with van der Waals surface area (Å²) in [5.41, 5.74) is 2.77. The zero-order valence-electron chi connectivity index (χ0n) is 17.4. The quantitative estimate of drug-likeness (QED) is 0.230. The summed E-state index contributed by atoms with van der Waals surface area (Å²) in [6.45, 7) is 4.42. The summed E-state index contributed by atoms with van der Waals surface area (Å²) < 4.78 is 0. The number of benzene rings is 6. The van der Waals surface area contributed by atoms with Gasteiger partial charge in [0.25, 0.3) is 0 Å². The first kappa shape index (κ1) is 18.4. The highest BCUT2D eigenvalue weighted by Gasteiger charge is 2.06. The molecule has 144 valence electrons. The van der Waals surface area contributed by atoms with E-state index in [1.54, 1.807) is 0 Å². The van der Waals surface area contributed by atoms with E-state index in [9.17, 15) is 0 Å². The molecule has 0 spiro atoms. The van der Waals surface area contributed by atoms with Crippen molar-refractivity contribution in [3.63, 3.8) is 0 Å². The topological polar surface area (TPSA) is 0 Å². The second-order valence-electron chi connectivity index (χ2n) is 7.89. The summed E-state index contributed by atoms with van der Waals surface area (Å²) in [4.78, 5) is 0. The molecule has 0 saturated carbocycles. The van der Waals surface area contributed by atoms with Gasteiger partial charge in [-0.25, -0.2) is 0 Å². The van der Waals surface area contributed by atoms with Gasteiger partial charge in [-0.1, -0.05) is 97.1 Å². The van der Waals surface area contributed by atoms with Crippen LogP contribution in [0.2, 0.25) is 0 Å². The van der Waals surface area contributed by atoms with Gasteiger partial charge in [-0.15, -0.1) is 0 Å². The number of rotatable bonds is 0. The molecule has 0 aromatic heterocycles. The second-order valence-corrected chi connectivity index (χ2v) is 7.89. The maximum absolute atomic E-state index is 2.24. The predicted octanol–water partition coefficient (Wildman–Crippen LogP) is 8.60. The summed E-state index contributed by atoms with van der Waals surface area (Å²) in [7, 11) is 0. The first-order chi connectivity index (χ1) is 14.7. The van der Waals surface area contributed by atoms with Crippen LogP contribution in [0, 0.1) is 13.8 Å². The number of hydrogen-bond acceptors (Lipinski definition) is 0. The van der Waals surface area contributed by atoms with E-state index in [1.165, 1.54) is 54.2 Å². The molecule has 6 rings (SSSR count). The van der Waals surface area contributed by atoms with Crippen molar-refractivity contribution in [2.24, 2.45) is 0 Å². The first-order valence-electron chi connectivity index (χ1n) is 10.5. The summed E-state index contributed by atoms with van der Waals surface area (Å²) in [5.74, 6) is 0. The van der Waals surface area contributed by atoms with E-state index in [4.69, 9.17) is 0 Å². The van der Waals surface area contributed by atoms with Crippen molar-refractivity contribution in [3.8, 4) is 0 Å². The third-order valence-corrected chi connectivity index (χ3v) is 6.08. The molecule has 0 aliphatic heterocycles. The summed E-state index contributed by atoms with van der Waals surface area (Å²) >= 11 is 0. The van der Waals surface area contributed by atoms with E-state index in [0.717, 1.165) is 0 Å².